The van der Waals surface area contributed by atoms with Crippen molar-refractivity contribution in [2.45, 2.75) is 31.8 Å². The van der Waals surface area contributed by atoms with Crippen molar-refractivity contribution < 1.29 is 18.6 Å². The van der Waals surface area contributed by atoms with Crippen LogP contribution in [0.2, 0.25) is 0 Å². The highest BCUT2D eigenvalue weighted by atomic mass is 32.2. The van der Waals surface area contributed by atoms with Crippen molar-refractivity contribution >= 4 is 9.84 Å². The lowest BCUT2D eigenvalue weighted by Gasteiger charge is -2.27. The molecule has 0 radical (unpaired) electrons. The summed E-state index contributed by atoms with van der Waals surface area (Å²) in [6, 6.07) is 4.18. The molecule has 5 nitrogen and oxygen atoms in total. The van der Waals surface area contributed by atoms with Crippen LogP contribution in [0, 0.1) is 0 Å². The van der Waals surface area contributed by atoms with Crippen LogP contribution in [0.4, 0.5) is 0 Å². The standard InChI is InChI=1S/C13H19NO4S/c1-9(12-5-4-11(15)7-13(12)16)14-10-3-2-6-19(17,18)8-10/h4-5,7,9-10,14-16H,2-3,6,8H2,1H3. The maximum Gasteiger partial charge on any atom is 0.151 e. The highest BCUT2D eigenvalue weighted by Crippen LogP contribution is 2.28. The highest BCUT2D eigenvalue weighted by molar-refractivity contribution is 7.91. The second-order valence-electron chi connectivity index (χ2n) is 5.08. The Morgan fingerprint density at radius 3 is 2.74 bits per heavy atom. The van der Waals surface area contributed by atoms with Crippen LogP contribution >= 0.6 is 0 Å². The van der Waals surface area contributed by atoms with E-state index in [-0.39, 0.29) is 35.1 Å². The molecule has 0 saturated carbocycles. The molecule has 1 aliphatic heterocycles. The lowest BCUT2D eigenvalue weighted by Crippen LogP contribution is -2.41. The molecular formula is C13H19NO4S. The average molecular weight is 285 g/mol. The van der Waals surface area contributed by atoms with Crippen molar-refractivity contribution in [2.75, 3.05) is 11.5 Å². The monoisotopic (exact) mass is 285 g/mol. The minimum atomic E-state index is -2.94. The smallest absolute Gasteiger partial charge is 0.151 e. The fourth-order valence-electron chi connectivity index (χ4n) is 2.50. The Labute approximate surface area is 113 Å². The van der Waals surface area contributed by atoms with E-state index in [1.807, 2.05) is 6.92 Å². The largest absolute Gasteiger partial charge is 0.508 e. The van der Waals surface area contributed by atoms with Gasteiger partial charge < -0.3 is 15.5 Å². The molecule has 0 aromatic heterocycles. The van der Waals surface area contributed by atoms with Gasteiger partial charge in [-0.1, -0.05) is 6.07 Å². The predicted octanol–water partition coefficient (Wildman–Crippen LogP) is 1.33. The summed E-state index contributed by atoms with van der Waals surface area (Å²) in [4.78, 5) is 0. The third-order valence-corrected chi connectivity index (χ3v) is 5.25. The molecule has 1 fully saturated rings. The van der Waals surface area contributed by atoms with Crippen molar-refractivity contribution in [3.63, 3.8) is 0 Å². The summed E-state index contributed by atoms with van der Waals surface area (Å²) in [5.74, 6) is 0.438. The number of benzene rings is 1. The molecule has 2 rings (SSSR count). The minimum Gasteiger partial charge on any atom is -0.508 e. The molecule has 1 aliphatic rings. The zero-order valence-corrected chi connectivity index (χ0v) is 11.7. The Morgan fingerprint density at radius 2 is 2.11 bits per heavy atom. The number of hydrogen-bond acceptors (Lipinski definition) is 5. The van der Waals surface area contributed by atoms with Crippen LogP contribution in [0.15, 0.2) is 18.2 Å². The molecule has 0 aliphatic carbocycles. The van der Waals surface area contributed by atoms with Gasteiger partial charge in [0.1, 0.15) is 11.5 Å². The average Bonchev–Trinajstić information content (AvgIpc) is 2.27. The van der Waals surface area contributed by atoms with Gasteiger partial charge in [-0.25, -0.2) is 8.42 Å². The van der Waals surface area contributed by atoms with E-state index in [4.69, 9.17) is 0 Å². The first-order valence-electron chi connectivity index (χ1n) is 6.36. The number of rotatable bonds is 3. The zero-order valence-electron chi connectivity index (χ0n) is 10.8. The van der Waals surface area contributed by atoms with Crippen molar-refractivity contribution in [1.29, 1.82) is 0 Å². The summed E-state index contributed by atoms with van der Waals surface area (Å²) in [6.45, 7) is 1.87. The summed E-state index contributed by atoms with van der Waals surface area (Å²) in [7, 11) is -2.94. The topological polar surface area (TPSA) is 86.6 Å². The summed E-state index contributed by atoms with van der Waals surface area (Å²) in [5.41, 5.74) is 0.653. The van der Waals surface area contributed by atoms with Gasteiger partial charge in [0.15, 0.2) is 9.84 Å². The molecular weight excluding hydrogens is 266 g/mol. The van der Waals surface area contributed by atoms with Crippen LogP contribution in [-0.2, 0) is 9.84 Å². The van der Waals surface area contributed by atoms with Gasteiger partial charge in [-0.05, 0) is 25.8 Å². The molecule has 0 spiro atoms. The van der Waals surface area contributed by atoms with Gasteiger partial charge in [-0.3, -0.25) is 0 Å². The fourth-order valence-corrected chi connectivity index (χ4v) is 4.14. The number of nitrogens with one attached hydrogen (secondary N) is 1. The quantitative estimate of drug-likeness (QED) is 0.780. The van der Waals surface area contributed by atoms with Crippen LogP contribution in [0.1, 0.15) is 31.4 Å². The van der Waals surface area contributed by atoms with Gasteiger partial charge in [-0.2, -0.15) is 0 Å². The minimum absolute atomic E-state index is 0.00805. The van der Waals surface area contributed by atoms with E-state index in [0.717, 1.165) is 6.42 Å². The Kier molecular flexibility index (Phi) is 4.01. The van der Waals surface area contributed by atoms with Gasteiger partial charge in [0.05, 0.1) is 11.5 Å². The summed E-state index contributed by atoms with van der Waals surface area (Å²) < 4.78 is 23.1. The number of aromatic hydroxyl groups is 2. The molecule has 106 valence electrons. The molecule has 1 saturated heterocycles. The second-order valence-corrected chi connectivity index (χ2v) is 7.31. The fraction of sp³-hybridized carbons (Fsp3) is 0.538. The molecule has 0 amide bonds. The normalized spacial score (nSPS) is 23.9. The molecule has 1 aromatic carbocycles. The van der Waals surface area contributed by atoms with Crippen molar-refractivity contribution in [3.8, 4) is 11.5 Å². The van der Waals surface area contributed by atoms with Crippen molar-refractivity contribution in [2.24, 2.45) is 0 Å². The summed E-state index contributed by atoms with van der Waals surface area (Å²) >= 11 is 0. The van der Waals surface area contributed by atoms with E-state index < -0.39 is 9.84 Å². The van der Waals surface area contributed by atoms with Gasteiger partial charge in [0.25, 0.3) is 0 Å². The number of phenols is 2. The first-order valence-corrected chi connectivity index (χ1v) is 8.18. The molecule has 0 bridgehead atoms. The SMILES string of the molecule is CC(NC1CCCS(=O)(=O)C1)c1ccc(O)cc1O. The number of phenolic OH excluding ortho intramolecular Hbond substituents is 2. The third kappa shape index (κ3) is 3.61. The highest BCUT2D eigenvalue weighted by Gasteiger charge is 2.26. The van der Waals surface area contributed by atoms with Gasteiger partial charge in [0, 0.05) is 23.7 Å². The Morgan fingerprint density at radius 1 is 1.37 bits per heavy atom. The van der Waals surface area contributed by atoms with Crippen molar-refractivity contribution in [3.05, 3.63) is 23.8 Å². The van der Waals surface area contributed by atoms with Crippen LogP contribution < -0.4 is 5.32 Å². The lowest BCUT2D eigenvalue weighted by atomic mass is 10.0. The molecule has 19 heavy (non-hydrogen) atoms. The molecule has 1 heterocycles. The second kappa shape index (κ2) is 5.38. The van der Waals surface area contributed by atoms with Gasteiger partial charge in [-0.15, -0.1) is 0 Å². The van der Waals surface area contributed by atoms with Gasteiger partial charge in [0.2, 0.25) is 0 Å². The Balaban J connectivity index is 2.06. The zero-order chi connectivity index (χ0) is 14.0. The predicted molar refractivity (Wildman–Crippen MR) is 73.0 cm³/mol. The van der Waals surface area contributed by atoms with Crippen LogP contribution in [0.25, 0.3) is 0 Å². The van der Waals surface area contributed by atoms with E-state index in [2.05, 4.69) is 5.32 Å². The molecule has 2 atom stereocenters. The summed E-state index contributed by atoms with van der Waals surface area (Å²) in [6.07, 6.45) is 1.50. The number of sulfone groups is 1. The summed E-state index contributed by atoms with van der Waals surface area (Å²) in [5, 5.41) is 22.3. The van der Waals surface area contributed by atoms with E-state index in [9.17, 15) is 18.6 Å². The lowest BCUT2D eigenvalue weighted by molar-refractivity contribution is 0.411. The van der Waals surface area contributed by atoms with Crippen LogP contribution in [-0.4, -0.2) is 36.2 Å². The first kappa shape index (κ1) is 14.1. The molecule has 2 unspecified atom stereocenters. The van der Waals surface area contributed by atoms with E-state index in [1.165, 1.54) is 12.1 Å². The van der Waals surface area contributed by atoms with E-state index >= 15 is 0 Å². The first-order chi connectivity index (χ1) is 8.87. The van der Waals surface area contributed by atoms with E-state index in [0.29, 0.717) is 12.0 Å². The maximum absolute atomic E-state index is 11.6. The maximum atomic E-state index is 11.6. The van der Waals surface area contributed by atoms with E-state index in [1.54, 1.807) is 6.07 Å². The number of hydrogen-bond donors (Lipinski definition) is 3. The van der Waals surface area contributed by atoms with Crippen LogP contribution in [0.5, 0.6) is 11.5 Å². The molecule has 3 N–H and O–H groups in total. The van der Waals surface area contributed by atoms with Gasteiger partial charge >= 0.3 is 0 Å². The molecule has 6 heteroatoms. The van der Waals surface area contributed by atoms with Crippen molar-refractivity contribution in [1.82, 2.24) is 5.32 Å². The Hall–Kier alpha value is -1.27. The Bertz CT molecular complexity index is 556. The third-order valence-electron chi connectivity index (χ3n) is 3.43. The molecule has 1 aromatic rings. The van der Waals surface area contributed by atoms with Crippen LogP contribution in [0.3, 0.4) is 0 Å².